The van der Waals surface area contributed by atoms with E-state index in [2.05, 4.69) is 24.3 Å². The maximum absolute atomic E-state index is 12.2. The number of nitrogens with zero attached hydrogens (tertiary/aromatic N) is 1. The van der Waals surface area contributed by atoms with Gasteiger partial charge in [0.05, 0.1) is 6.04 Å². The molecule has 3 nitrogen and oxygen atoms in total. The lowest BCUT2D eigenvalue weighted by molar-refractivity contribution is -0.132. The van der Waals surface area contributed by atoms with Crippen molar-refractivity contribution < 1.29 is 4.79 Å². The summed E-state index contributed by atoms with van der Waals surface area (Å²) in [4.78, 5) is 14.1. The van der Waals surface area contributed by atoms with Gasteiger partial charge >= 0.3 is 0 Å². The SMILES string of the molecule is CC(C)C(N)C(=O)N1CCC(c2ccccc2)C1.Cl. The van der Waals surface area contributed by atoms with Crippen molar-refractivity contribution >= 4 is 18.3 Å². The highest BCUT2D eigenvalue weighted by molar-refractivity contribution is 5.85. The molecule has 1 amide bonds. The molecule has 0 spiro atoms. The summed E-state index contributed by atoms with van der Waals surface area (Å²) in [6.45, 7) is 5.63. The summed E-state index contributed by atoms with van der Waals surface area (Å²) in [5.41, 5.74) is 7.26. The molecule has 0 saturated carbocycles. The van der Waals surface area contributed by atoms with Crippen LogP contribution in [0.3, 0.4) is 0 Å². The number of carbonyl (C=O) groups excluding carboxylic acids is 1. The molecule has 1 aromatic rings. The second-order valence-corrected chi connectivity index (χ2v) is 5.45. The summed E-state index contributed by atoms with van der Waals surface area (Å²) in [5, 5.41) is 0. The molecule has 2 N–H and O–H groups in total. The van der Waals surface area contributed by atoms with Crippen LogP contribution in [0.4, 0.5) is 0 Å². The number of amides is 1. The van der Waals surface area contributed by atoms with E-state index in [0.717, 1.165) is 19.5 Å². The Kier molecular flexibility index (Phi) is 5.83. The monoisotopic (exact) mass is 282 g/mol. The van der Waals surface area contributed by atoms with Gasteiger partial charge in [0.25, 0.3) is 0 Å². The maximum atomic E-state index is 12.2. The van der Waals surface area contributed by atoms with E-state index in [1.165, 1.54) is 5.56 Å². The fraction of sp³-hybridized carbons (Fsp3) is 0.533. The Morgan fingerprint density at radius 2 is 1.95 bits per heavy atom. The van der Waals surface area contributed by atoms with Crippen molar-refractivity contribution in [1.29, 1.82) is 0 Å². The van der Waals surface area contributed by atoms with Gasteiger partial charge in [-0.05, 0) is 17.9 Å². The van der Waals surface area contributed by atoms with Crippen LogP contribution in [0.5, 0.6) is 0 Å². The van der Waals surface area contributed by atoms with E-state index >= 15 is 0 Å². The molecule has 1 fully saturated rings. The minimum atomic E-state index is -0.362. The Bertz CT molecular complexity index is 408. The topological polar surface area (TPSA) is 46.3 Å². The molecule has 2 atom stereocenters. The van der Waals surface area contributed by atoms with Crippen LogP contribution in [0, 0.1) is 5.92 Å². The number of rotatable bonds is 3. The van der Waals surface area contributed by atoms with Gasteiger partial charge in [-0.2, -0.15) is 0 Å². The number of benzene rings is 1. The number of halogens is 1. The third-order valence-electron chi connectivity index (χ3n) is 3.77. The van der Waals surface area contributed by atoms with Crippen LogP contribution in [0.2, 0.25) is 0 Å². The standard InChI is InChI=1S/C15H22N2O.ClH/c1-11(2)14(16)15(18)17-9-8-13(10-17)12-6-4-3-5-7-12;/h3-7,11,13-14H,8-10,16H2,1-2H3;1H. The van der Waals surface area contributed by atoms with E-state index in [9.17, 15) is 4.79 Å². The average molecular weight is 283 g/mol. The predicted octanol–water partition coefficient (Wildman–Crippen LogP) is 2.41. The van der Waals surface area contributed by atoms with Gasteiger partial charge in [-0.15, -0.1) is 12.4 Å². The molecule has 1 aromatic carbocycles. The fourth-order valence-corrected chi connectivity index (χ4v) is 2.45. The van der Waals surface area contributed by atoms with Gasteiger partial charge in [-0.3, -0.25) is 4.79 Å². The van der Waals surface area contributed by atoms with Crippen LogP contribution in [-0.2, 0) is 4.79 Å². The normalized spacial score (nSPS) is 20.2. The van der Waals surface area contributed by atoms with E-state index in [4.69, 9.17) is 5.73 Å². The minimum Gasteiger partial charge on any atom is -0.341 e. The summed E-state index contributed by atoms with van der Waals surface area (Å²) in [6.07, 6.45) is 1.04. The van der Waals surface area contributed by atoms with Crippen LogP contribution in [0.1, 0.15) is 31.7 Å². The molecule has 1 saturated heterocycles. The lowest BCUT2D eigenvalue weighted by Gasteiger charge is -2.23. The zero-order valence-corrected chi connectivity index (χ0v) is 12.4. The van der Waals surface area contributed by atoms with Crippen LogP contribution >= 0.6 is 12.4 Å². The first-order valence-corrected chi connectivity index (χ1v) is 6.69. The largest absolute Gasteiger partial charge is 0.341 e. The molecule has 4 heteroatoms. The number of hydrogen-bond donors (Lipinski definition) is 1. The van der Waals surface area contributed by atoms with E-state index < -0.39 is 0 Å². The second kappa shape index (κ2) is 6.92. The van der Waals surface area contributed by atoms with Gasteiger partial charge < -0.3 is 10.6 Å². The smallest absolute Gasteiger partial charge is 0.239 e. The molecule has 0 radical (unpaired) electrons. The highest BCUT2D eigenvalue weighted by atomic mass is 35.5. The number of carbonyl (C=O) groups is 1. The van der Waals surface area contributed by atoms with Gasteiger partial charge in [0.1, 0.15) is 0 Å². The first kappa shape index (κ1) is 16.0. The van der Waals surface area contributed by atoms with Gasteiger partial charge in [0.2, 0.25) is 5.91 Å². The van der Waals surface area contributed by atoms with Crippen molar-refractivity contribution in [2.45, 2.75) is 32.2 Å². The molecule has 1 aliphatic heterocycles. The van der Waals surface area contributed by atoms with Crippen LogP contribution in [0.25, 0.3) is 0 Å². The molecule has 106 valence electrons. The third kappa shape index (κ3) is 3.71. The molecule has 2 rings (SSSR count). The first-order chi connectivity index (χ1) is 8.59. The zero-order chi connectivity index (χ0) is 13.1. The molecule has 0 bridgehead atoms. The molecular formula is C15H23ClN2O. The van der Waals surface area contributed by atoms with Gasteiger partial charge in [-0.1, -0.05) is 44.2 Å². The van der Waals surface area contributed by atoms with Crippen LogP contribution < -0.4 is 5.73 Å². The van der Waals surface area contributed by atoms with E-state index in [0.29, 0.717) is 5.92 Å². The zero-order valence-electron chi connectivity index (χ0n) is 11.6. The maximum Gasteiger partial charge on any atom is 0.239 e. The number of likely N-dealkylation sites (tertiary alicyclic amines) is 1. The molecule has 1 heterocycles. The predicted molar refractivity (Wildman–Crippen MR) is 80.4 cm³/mol. The van der Waals surface area contributed by atoms with Crippen molar-refractivity contribution in [1.82, 2.24) is 4.90 Å². The first-order valence-electron chi connectivity index (χ1n) is 6.69. The molecule has 19 heavy (non-hydrogen) atoms. The Balaban J connectivity index is 0.00000180. The van der Waals surface area contributed by atoms with E-state index in [1.807, 2.05) is 24.8 Å². The number of nitrogens with two attached hydrogens (primary N) is 1. The summed E-state index contributed by atoms with van der Waals surface area (Å²) < 4.78 is 0. The summed E-state index contributed by atoms with van der Waals surface area (Å²) >= 11 is 0. The lowest BCUT2D eigenvalue weighted by Crippen LogP contribution is -2.45. The summed E-state index contributed by atoms with van der Waals surface area (Å²) in [5.74, 6) is 0.770. The van der Waals surface area contributed by atoms with Crippen molar-refractivity contribution in [3.63, 3.8) is 0 Å². The van der Waals surface area contributed by atoms with Crippen molar-refractivity contribution in [3.05, 3.63) is 35.9 Å². The highest BCUT2D eigenvalue weighted by Crippen LogP contribution is 2.27. The Morgan fingerprint density at radius 3 is 2.53 bits per heavy atom. The quantitative estimate of drug-likeness (QED) is 0.925. The second-order valence-electron chi connectivity index (χ2n) is 5.45. The Hall–Kier alpha value is -1.06. The van der Waals surface area contributed by atoms with Crippen molar-refractivity contribution in [2.75, 3.05) is 13.1 Å². The molecule has 0 aromatic heterocycles. The van der Waals surface area contributed by atoms with Crippen molar-refractivity contribution in [3.8, 4) is 0 Å². The summed E-state index contributed by atoms with van der Waals surface area (Å²) in [7, 11) is 0. The molecule has 2 unspecified atom stereocenters. The summed E-state index contributed by atoms with van der Waals surface area (Å²) in [6, 6.07) is 10.1. The average Bonchev–Trinajstić information content (AvgIpc) is 2.87. The molecular weight excluding hydrogens is 260 g/mol. The molecule has 0 aliphatic carbocycles. The van der Waals surface area contributed by atoms with Crippen LogP contribution in [0.15, 0.2) is 30.3 Å². The Labute approximate surface area is 121 Å². The van der Waals surface area contributed by atoms with E-state index in [-0.39, 0.29) is 30.3 Å². The molecule has 1 aliphatic rings. The van der Waals surface area contributed by atoms with Gasteiger partial charge in [0.15, 0.2) is 0 Å². The van der Waals surface area contributed by atoms with Gasteiger partial charge in [-0.25, -0.2) is 0 Å². The Morgan fingerprint density at radius 1 is 1.32 bits per heavy atom. The lowest BCUT2D eigenvalue weighted by atomic mass is 9.99. The fourth-order valence-electron chi connectivity index (χ4n) is 2.45. The third-order valence-corrected chi connectivity index (χ3v) is 3.77. The van der Waals surface area contributed by atoms with E-state index in [1.54, 1.807) is 0 Å². The minimum absolute atomic E-state index is 0. The van der Waals surface area contributed by atoms with Crippen molar-refractivity contribution in [2.24, 2.45) is 11.7 Å². The van der Waals surface area contributed by atoms with Crippen LogP contribution in [-0.4, -0.2) is 29.9 Å². The highest BCUT2D eigenvalue weighted by Gasteiger charge is 2.30. The van der Waals surface area contributed by atoms with Gasteiger partial charge in [0, 0.05) is 19.0 Å². The number of hydrogen-bond acceptors (Lipinski definition) is 2.